The molecule has 1 aromatic heterocycles. The number of nitrogens with zero attached hydrogens (tertiary/aromatic N) is 2. The Morgan fingerprint density at radius 3 is 2.82 bits per heavy atom. The summed E-state index contributed by atoms with van der Waals surface area (Å²) < 4.78 is 1.79. The van der Waals surface area contributed by atoms with Crippen molar-refractivity contribution in [1.82, 2.24) is 9.55 Å². The number of hydrogen-bond donors (Lipinski definition) is 1. The number of nitrogens with two attached hydrogens (primary N) is 1. The van der Waals surface area contributed by atoms with Crippen LogP contribution < -0.4 is 5.73 Å². The van der Waals surface area contributed by atoms with E-state index in [0.29, 0.717) is 0 Å². The van der Waals surface area contributed by atoms with Crippen LogP contribution in [0.15, 0.2) is 12.5 Å². The number of carbonyl (C=O) groups is 1. The van der Waals surface area contributed by atoms with Crippen LogP contribution in [0.1, 0.15) is 18.5 Å². The number of rotatable bonds is 2. The van der Waals surface area contributed by atoms with Crippen LogP contribution in [0.5, 0.6) is 0 Å². The quantitative estimate of drug-likeness (QED) is 0.650. The van der Waals surface area contributed by atoms with Crippen molar-refractivity contribution in [3.63, 3.8) is 0 Å². The number of amides is 1. The molecule has 0 fully saturated rings. The van der Waals surface area contributed by atoms with Gasteiger partial charge in [0.2, 0.25) is 5.91 Å². The lowest BCUT2D eigenvalue weighted by atomic mass is 10.1. The molecule has 1 amide bonds. The predicted molar refractivity (Wildman–Crippen MR) is 40.8 cm³/mol. The maximum Gasteiger partial charge on any atom is 0.226 e. The van der Waals surface area contributed by atoms with Gasteiger partial charge in [-0.05, 0) is 6.92 Å². The van der Waals surface area contributed by atoms with Gasteiger partial charge in [-0.1, -0.05) is 0 Å². The van der Waals surface area contributed by atoms with Gasteiger partial charge < -0.3 is 10.3 Å². The SMILES string of the molecule is CC(C(N)=O)c1cn(C)cn1. The molecule has 1 heterocycles. The second kappa shape index (κ2) is 2.74. The molecule has 4 heteroatoms. The van der Waals surface area contributed by atoms with E-state index in [4.69, 9.17) is 5.73 Å². The topological polar surface area (TPSA) is 60.9 Å². The van der Waals surface area contributed by atoms with E-state index in [9.17, 15) is 4.79 Å². The van der Waals surface area contributed by atoms with E-state index in [1.54, 1.807) is 24.0 Å². The molecule has 0 aliphatic heterocycles. The first-order valence-corrected chi connectivity index (χ1v) is 3.38. The Labute approximate surface area is 65.0 Å². The number of carbonyl (C=O) groups excluding carboxylic acids is 1. The van der Waals surface area contributed by atoms with Crippen LogP contribution in [-0.2, 0) is 11.8 Å². The Morgan fingerprint density at radius 2 is 2.45 bits per heavy atom. The van der Waals surface area contributed by atoms with Crippen LogP contribution in [-0.4, -0.2) is 15.5 Å². The minimum absolute atomic E-state index is 0.295. The number of aromatic nitrogens is 2. The average Bonchev–Trinajstić information content (AvgIpc) is 2.34. The fourth-order valence-electron chi connectivity index (χ4n) is 0.802. The highest BCUT2D eigenvalue weighted by Gasteiger charge is 2.13. The van der Waals surface area contributed by atoms with E-state index >= 15 is 0 Å². The molecule has 0 spiro atoms. The molecule has 0 bridgehead atoms. The van der Waals surface area contributed by atoms with E-state index < -0.39 is 0 Å². The second-order valence-electron chi connectivity index (χ2n) is 2.59. The summed E-state index contributed by atoms with van der Waals surface area (Å²) in [7, 11) is 1.85. The smallest absolute Gasteiger partial charge is 0.226 e. The highest BCUT2D eigenvalue weighted by Crippen LogP contribution is 2.10. The molecular weight excluding hydrogens is 142 g/mol. The summed E-state index contributed by atoms with van der Waals surface area (Å²) in [6.45, 7) is 1.74. The standard InChI is InChI=1S/C7H11N3O/c1-5(7(8)11)6-3-10(2)4-9-6/h3-5H,1-2H3,(H2,8,11). The number of hydrogen-bond acceptors (Lipinski definition) is 2. The minimum atomic E-state index is -0.344. The summed E-state index contributed by atoms with van der Waals surface area (Å²) in [6, 6.07) is 0. The second-order valence-corrected chi connectivity index (χ2v) is 2.59. The lowest BCUT2D eigenvalue weighted by Crippen LogP contribution is -2.18. The summed E-state index contributed by atoms with van der Waals surface area (Å²) in [4.78, 5) is 14.7. The molecular formula is C7H11N3O. The van der Waals surface area contributed by atoms with Gasteiger partial charge >= 0.3 is 0 Å². The van der Waals surface area contributed by atoms with Gasteiger partial charge in [0.05, 0.1) is 17.9 Å². The molecule has 1 atom stereocenters. The van der Waals surface area contributed by atoms with E-state index in [-0.39, 0.29) is 11.8 Å². The fourth-order valence-corrected chi connectivity index (χ4v) is 0.802. The van der Waals surface area contributed by atoms with Crippen LogP contribution in [0.25, 0.3) is 0 Å². The van der Waals surface area contributed by atoms with Crippen molar-refractivity contribution in [1.29, 1.82) is 0 Å². The zero-order valence-corrected chi connectivity index (χ0v) is 6.61. The largest absolute Gasteiger partial charge is 0.369 e. The Morgan fingerprint density at radius 1 is 1.82 bits per heavy atom. The van der Waals surface area contributed by atoms with Crippen molar-refractivity contribution in [3.8, 4) is 0 Å². The molecule has 2 N–H and O–H groups in total. The molecule has 60 valence electrons. The van der Waals surface area contributed by atoms with Gasteiger partial charge in [-0.2, -0.15) is 0 Å². The van der Waals surface area contributed by atoms with Crippen LogP contribution >= 0.6 is 0 Å². The first-order valence-electron chi connectivity index (χ1n) is 3.38. The lowest BCUT2D eigenvalue weighted by molar-refractivity contribution is -0.119. The summed E-state index contributed by atoms with van der Waals surface area (Å²) in [5, 5.41) is 0. The molecule has 11 heavy (non-hydrogen) atoms. The van der Waals surface area contributed by atoms with Crippen molar-refractivity contribution in [2.75, 3.05) is 0 Å². The van der Waals surface area contributed by atoms with Crippen molar-refractivity contribution < 1.29 is 4.79 Å². The summed E-state index contributed by atoms with van der Waals surface area (Å²) >= 11 is 0. The fraction of sp³-hybridized carbons (Fsp3) is 0.429. The molecule has 0 saturated heterocycles. The van der Waals surface area contributed by atoms with Crippen molar-refractivity contribution in [2.45, 2.75) is 12.8 Å². The van der Waals surface area contributed by atoms with Gasteiger partial charge in [-0.15, -0.1) is 0 Å². The Hall–Kier alpha value is -1.32. The average molecular weight is 153 g/mol. The van der Waals surface area contributed by atoms with Crippen LogP contribution in [0.4, 0.5) is 0 Å². The van der Waals surface area contributed by atoms with Gasteiger partial charge in [0.15, 0.2) is 0 Å². The molecule has 4 nitrogen and oxygen atoms in total. The Bertz CT molecular complexity index is 266. The van der Waals surface area contributed by atoms with E-state index in [1.807, 2.05) is 7.05 Å². The lowest BCUT2D eigenvalue weighted by Gasteiger charge is -2.00. The Kier molecular flexibility index (Phi) is 1.94. The Balaban J connectivity index is 2.84. The predicted octanol–water partition coefficient (Wildman–Crippen LogP) is 0.00890. The van der Waals surface area contributed by atoms with Crippen LogP contribution in [0.3, 0.4) is 0 Å². The monoisotopic (exact) mass is 153 g/mol. The van der Waals surface area contributed by atoms with E-state index in [0.717, 1.165) is 5.69 Å². The van der Waals surface area contributed by atoms with Crippen molar-refractivity contribution in [2.24, 2.45) is 12.8 Å². The highest BCUT2D eigenvalue weighted by atomic mass is 16.1. The third-order valence-corrected chi connectivity index (χ3v) is 1.60. The molecule has 1 aromatic rings. The summed E-state index contributed by atoms with van der Waals surface area (Å²) in [5.41, 5.74) is 5.81. The van der Waals surface area contributed by atoms with Gasteiger partial charge in [-0.3, -0.25) is 4.79 Å². The van der Waals surface area contributed by atoms with Crippen LogP contribution in [0, 0.1) is 0 Å². The first-order chi connectivity index (χ1) is 5.11. The van der Waals surface area contributed by atoms with Crippen molar-refractivity contribution >= 4 is 5.91 Å². The first kappa shape index (κ1) is 7.78. The number of imidazole rings is 1. The van der Waals surface area contributed by atoms with Crippen LogP contribution in [0.2, 0.25) is 0 Å². The molecule has 0 aliphatic rings. The third kappa shape index (κ3) is 1.58. The van der Waals surface area contributed by atoms with Crippen molar-refractivity contribution in [3.05, 3.63) is 18.2 Å². The van der Waals surface area contributed by atoms with Gasteiger partial charge in [0.25, 0.3) is 0 Å². The maximum absolute atomic E-state index is 10.7. The maximum atomic E-state index is 10.7. The summed E-state index contributed by atoms with van der Waals surface area (Å²) in [6.07, 6.45) is 3.43. The normalized spacial score (nSPS) is 12.9. The van der Waals surface area contributed by atoms with E-state index in [2.05, 4.69) is 4.98 Å². The zero-order valence-electron chi connectivity index (χ0n) is 6.61. The molecule has 0 aliphatic carbocycles. The molecule has 1 unspecified atom stereocenters. The zero-order chi connectivity index (χ0) is 8.43. The molecule has 0 aromatic carbocycles. The third-order valence-electron chi connectivity index (χ3n) is 1.60. The molecule has 0 saturated carbocycles. The number of aryl methyl sites for hydroxylation is 1. The number of primary amides is 1. The van der Waals surface area contributed by atoms with Gasteiger partial charge in [0.1, 0.15) is 0 Å². The molecule has 0 radical (unpaired) electrons. The van der Waals surface area contributed by atoms with E-state index in [1.165, 1.54) is 0 Å². The highest BCUT2D eigenvalue weighted by molar-refractivity contribution is 5.80. The minimum Gasteiger partial charge on any atom is -0.369 e. The molecule has 1 rings (SSSR count). The van der Waals surface area contributed by atoms with Gasteiger partial charge in [-0.25, -0.2) is 4.98 Å². The summed E-state index contributed by atoms with van der Waals surface area (Å²) in [5.74, 6) is -0.639. The van der Waals surface area contributed by atoms with Gasteiger partial charge in [0, 0.05) is 13.2 Å².